The van der Waals surface area contributed by atoms with E-state index in [4.69, 9.17) is 4.74 Å². The second-order valence-electron chi connectivity index (χ2n) is 4.70. The summed E-state index contributed by atoms with van der Waals surface area (Å²) in [5, 5.41) is 0. The minimum Gasteiger partial charge on any atom is -0.455 e. The van der Waals surface area contributed by atoms with Crippen molar-refractivity contribution in [2.45, 2.75) is 39.7 Å². The van der Waals surface area contributed by atoms with Crippen molar-refractivity contribution in [3.63, 3.8) is 0 Å². The normalized spacial score (nSPS) is 29.9. The van der Waals surface area contributed by atoms with Crippen LogP contribution in [0.5, 0.6) is 0 Å². The first-order valence-electron chi connectivity index (χ1n) is 5.28. The molecule has 0 aromatic heterocycles. The van der Waals surface area contributed by atoms with Gasteiger partial charge in [0.05, 0.1) is 5.92 Å². The largest absolute Gasteiger partial charge is 0.455 e. The topological polar surface area (TPSA) is 43.4 Å². The molecule has 0 amide bonds. The molecule has 0 bridgehead atoms. The Morgan fingerprint density at radius 1 is 1.60 bits per heavy atom. The number of carbonyl (C=O) groups excluding carboxylic acids is 2. The van der Waals surface area contributed by atoms with E-state index in [1.165, 1.54) is 13.0 Å². The van der Waals surface area contributed by atoms with Crippen LogP contribution in [0.1, 0.15) is 34.1 Å². The molecule has 1 aliphatic carbocycles. The number of hydrogen-bond acceptors (Lipinski definition) is 3. The predicted octanol–water partition coefficient (Wildman–Crippen LogP) is 2.11. The molecule has 0 saturated heterocycles. The summed E-state index contributed by atoms with van der Waals surface area (Å²) in [7, 11) is 0. The molecule has 0 N–H and O–H groups in total. The number of carbonyl (C=O) groups is 2. The van der Waals surface area contributed by atoms with Crippen molar-refractivity contribution in [3.8, 4) is 0 Å². The van der Waals surface area contributed by atoms with Crippen molar-refractivity contribution >= 4 is 11.8 Å². The molecule has 0 aliphatic heterocycles. The van der Waals surface area contributed by atoms with Crippen LogP contribution in [0.2, 0.25) is 0 Å². The average Bonchev–Trinajstić information content (AvgIpc) is 2.31. The molecule has 0 heterocycles. The summed E-state index contributed by atoms with van der Waals surface area (Å²) in [4.78, 5) is 22.6. The van der Waals surface area contributed by atoms with E-state index in [-0.39, 0.29) is 17.7 Å². The highest BCUT2D eigenvalue weighted by Crippen LogP contribution is 2.35. The number of rotatable bonds is 3. The van der Waals surface area contributed by atoms with E-state index in [1.807, 2.05) is 0 Å². The summed E-state index contributed by atoms with van der Waals surface area (Å²) in [5.41, 5.74) is -0.743. The Kier molecular flexibility index (Phi) is 3.32. The van der Waals surface area contributed by atoms with Gasteiger partial charge in [0.2, 0.25) is 0 Å². The molecule has 1 aliphatic rings. The van der Waals surface area contributed by atoms with Crippen LogP contribution in [0.25, 0.3) is 0 Å². The van der Waals surface area contributed by atoms with E-state index in [1.54, 1.807) is 13.0 Å². The Labute approximate surface area is 90.5 Å². The first-order chi connectivity index (χ1) is 6.85. The van der Waals surface area contributed by atoms with E-state index >= 15 is 0 Å². The smallest absolute Gasteiger partial charge is 0.303 e. The molecule has 1 rings (SSSR count). The van der Waals surface area contributed by atoms with Crippen LogP contribution in [0.3, 0.4) is 0 Å². The van der Waals surface area contributed by atoms with Crippen molar-refractivity contribution in [1.82, 2.24) is 0 Å². The Morgan fingerprint density at radius 2 is 2.20 bits per heavy atom. The molecule has 0 aromatic carbocycles. The van der Waals surface area contributed by atoms with Crippen molar-refractivity contribution < 1.29 is 14.3 Å². The summed E-state index contributed by atoms with van der Waals surface area (Å²) >= 11 is 0. The Bertz CT molecular complexity index is 304. The van der Waals surface area contributed by atoms with Gasteiger partial charge in [0.25, 0.3) is 0 Å². The van der Waals surface area contributed by atoms with E-state index in [9.17, 15) is 9.59 Å². The molecule has 2 atom stereocenters. The molecule has 0 fully saturated rings. The molecule has 0 radical (unpaired) electrons. The second-order valence-corrected chi connectivity index (χ2v) is 4.70. The molecule has 3 nitrogen and oxygen atoms in total. The fraction of sp³-hybridized carbons (Fsp3) is 0.667. The van der Waals surface area contributed by atoms with Crippen molar-refractivity contribution in [2.75, 3.05) is 0 Å². The van der Waals surface area contributed by atoms with E-state index in [0.29, 0.717) is 5.92 Å². The lowest BCUT2D eigenvalue weighted by Crippen LogP contribution is -2.38. The summed E-state index contributed by atoms with van der Waals surface area (Å²) < 4.78 is 5.24. The SMILES string of the molecule is CC(=O)OC1(C)C=CC(=O)C1CC(C)C. The van der Waals surface area contributed by atoms with Crippen LogP contribution >= 0.6 is 0 Å². The van der Waals surface area contributed by atoms with E-state index < -0.39 is 5.60 Å². The zero-order valence-electron chi connectivity index (χ0n) is 9.74. The molecule has 0 saturated carbocycles. The zero-order valence-corrected chi connectivity index (χ0v) is 9.74. The van der Waals surface area contributed by atoms with Gasteiger partial charge in [-0.2, -0.15) is 0 Å². The lowest BCUT2D eigenvalue weighted by Gasteiger charge is -2.30. The highest BCUT2D eigenvalue weighted by Gasteiger charge is 2.43. The van der Waals surface area contributed by atoms with Gasteiger partial charge in [-0.15, -0.1) is 0 Å². The minimum absolute atomic E-state index is 0.0625. The van der Waals surface area contributed by atoms with Gasteiger partial charge in [0.1, 0.15) is 5.60 Å². The third-order valence-electron chi connectivity index (χ3n) is 2.68. The number of ether oxygens (including phenoxy) is 1. The molecule has 0 aromatic rings. The summed E-state index contributed by atoms with van der Waals surface area (Å²) in [5.74, 6) is -0.0896. The summed E-state index contributed by atoms with van der Waals surface area (Å²) in [6.07, 6.45) is 3.97. The van der Waals surface area contributed by atoms with Crippen molar-refractivity contribution in [3.05, 3.63) is 12.2 Å². The maximum Gasteiger partial charge on any atom is 0.303 e. The number of ketones is 1. The zero-order chi connectivity index (χ0) is 11.6. The van der Waals surface area contributed by atoms with Gasteiger partial charge in [-0.25, -0.2) is 0 Å². The molecule has 15 heavy (non-hydrogen) atoms. The molecule has 84 valence electrons. The first kappa shape index (κ1) is 12.0. The summed E-state index contributed by atoms with van der Waals surface area (Å²) in [6.45, 7) is 7.27. The van der Waals surface area contributed by atoms with E-state index in [2.05, 4.69) is 13.8 Å². The van der Waals surface area contributed by atoms with Crippen LogP contribution in [-0.4, -0.2) is 17.4 Å². The van der Waals surface area contributed by atoms with Crippen LogP contribution in [0, 0.1) is 11.8 Å². The monoisotopic (exact) mass is 210 g/mol. The lowest BCUT2D eigenvalue weighted by atomic mass is 9.84. The quantitative estimate of drug-likeness (QED) is 0.670. The highest BCUT2D eigenvalue weighted by atomic mass is 16.6. The summed E-state index contributed by atoms with van der Waals surface area (Å²) in [6, 6.07) is 0. The Balaban J connectivity index is 2.82. The van der Waals surface area contributed by atoms with E-state index in [0.717, 1.165) is 6.42 Å². The minimum atomic E-state index is -0.743. The van der Waals surface area contributed by atoms with Crippen molar-refractivity contribution in [1.29, 1.82) is 0 Å². The molecule has 0 spiro atoms. The van der Waals surface area contributed by atoms with Gasteiger partial charge in [0, 0.05) is 6.92 Å². The number of allylic oxidation sites excluding steroid dienone is 1. The molecular formula is C12H18O3. The number of esters is 1. The van der Waals surface area contributed by atoms with Gasteiger partial charge < -0.3 is 4.74 Å². The second kappa shape index (κ2) is 4.17. The fourth-order valence-corrected chi connectivity index (χ4v) is 2.00. The Hall–Kier alpha value is -1.12. The third kappa shape index (κ3) is 2.67. The van der Waals surface area contributed by atoms with Gasteiger partial charge in [0.15, 0.2) is 5.78 Å². The lowest BCUT2D eigenvalue weighted by molar-refractivity contribution is -0.156. The van der Waals surface area contributed by atoms with Gasteiger partial charge >= 0.3 is 5.97 Å². The average molecular weight is 210 g/mol. The molecule has 3 heteroatoms. The Morgan fingerprint density at radius 3 is 2.67 bits per heavy atom. The van der Waals surface area contributed by atoms with Crippen LogP contribution in [-0.2, 0) is 14.3 Å². The molecular weight excluding hydrogens is 192 g/mol. The standard InChI is InChI=1S/C12H18O3/c1-8(2)7-10-11(14)5-6-12(10,4)15-9(3)13/h5-6,8,10H,7H2,1-4H3. The van der Waals surface area contributed by atoms with Crippen LogP contribution in [0.15, 0.2) is 12.2 Å². The van der Waals surface area contributed by atoms with Gasteiger partial charge in [-0.05, 0) is 31.4 Å². The van der Waals surface area contributed by atoms with Crippen molar-refractivity contribution in [2.24, 2.45) is 11.8 Å². The highest BCUT2D eigenvalue weighted by molar-refractivity contribution is 5.96. The number of hydrogen-bond donors (Lipinski definition) is 0. The predicted molar refractivity (Wildman–Crippen MR) is 57.3 cm³/mol. The third-order valence-corrected chi connectivity index (χ3v) is 2.68. The maximum absolute atomic E-state index is 11.6. The van der Waals surface area contributed by atoms with Gasteiger partial charge in [-0.1, -0.05) is 13.8 Å². The first-order valence-corrected chi connectivity index (χ1v) is 5.28. The van der Waals surface area contributed by atoms with Gasteiger partial charge in [-0.3, -0.25) is 9.59 Å². The maximum atomic E-state index is 11.6. The fourth-order valence-electron chi connectivity index (χ4n) is 2.00. The molecule has 2 unspecified atom stereocenters. The van der Waals surface area contributed by atoms with Crippen LogP contribution < -0.4 is 0 Å². The van der Waals surface area contributed by atoms with Crippen LogP contribution in [0.4, 0.5) is 0 Å².